The van der Waals surface area contributed by atoms with Gasteiger partial charge in [-0.2, -0.15) is 5.10 Å². The molecule has 4 heteroatoms. The van der Waals surface area contributed by atoms with Crippen molar-refractivity contribution in [3.8, 4) is 0 Å². The van der Waals surface area contributed by atoms with Crippen molar-refractivity contribution in [2.45, 2.75) is 76.9 Å². The molecule has 3 saturated carbocycles. The Hall–Kier alpha value is -1.13. The number of hydrogen-bond donors (Lipinski definition) is 3. The van der Waals surface area contributed by atoms with E-state index in [0.717, 1.165) is 37.8 Å². The minimum Gasteiger partial charge on any atom is -0.393 e. The fraction of sp³-hybridized carbons (Fsp3) is 0.773. The standard InChI is InChI=1S/C22H32N2O2/c1-21-8-5-14(25)11-13(21)3-4-15-16(21)6-9-22(2)17(15)12-19(26)20(22)18-7-10-23-24-18/h3,7,10,14-17,19-20,25-26H,4-6,8-9,11-12H2,1-2H3,(H,23,24)/t14-,15+,16-,17-,19+,20-,21-,22-/m0/s1. The van der Waals surface area contributed by atoms with Gasteiger partial charge in [-0.05, 0) is 79.6 Å². The molecule has 0 unspecified atom stereocenters. The van der Waals surface area contributed by atoms with E-state index in [0.29, 0.717) is 17.8 Å². The summed E-state index contributed by atoms with van der Waals surface area (Å²) in [5.41, 5.74) is 3.05. The first-order valence-corrected chi connectivity index (χ1v) is 10.5. The van der Waals surface area contributed by atoms with E-state index in [4.69, 9.17) is 0 Å². The van der Waals surface area contributed by atoms with Crippen molar-refractivity contribution in [2.24, 2.45) is 28.6 Å². The van der Waals surface area contributed by atoms with Gasteiger partial charge in [-0.25, -0.2) is 0 Å². The molecule has 26 heavy (non-hydrogen) atoms. The summed E-state index contributed by atoms with van der Waals surface area (Å²) in [5, 5.41) is 28.4. The molecule has 4 nitrogen and oxygen atoms in total. The van der Waals surface area contributed by atoms with Crippen molar-refractivity contribution >= 4 is 0 Å². The van der Waals surface area contributed by atoms with Crippen LogP contribution in [-0.4, -0.2) is 32.6 Å². The zero-order valence-corrected chi connectivity index (χ0v) is 16.0. The van der Waals surface area contributed by atoms with Gasteiger partial charge >= 0.3 is 0 Å². The van der Waals surface area contributed by atoms with E-state index >= 15 is 0 Å². The lowest BCUT2D eigenvalue weighted by molar-refractivity contribution is -0.0415. The fourth-order valence-corrected chi connectivity index (χ4v) is 7.66. The predicted molar refractivity (Wildman–Crippen MR) is 100 cm³/mol. The Kier molecular flexibility index (Phi) is 3.72. The lowest BCUT2D eigenvalue weighted by Gasteiger charge is -2.57. The molecule has 1 aromatic rings. The molecular weight excluding hydrogens is 324 g/mol. The average molecular weight is 357 g/mol. The van der Waals surface area contributed by atoms with E-state index in [2.05, 4.69) is 36.2 Å². The minimum atomic E-state index is -0.268. The van der Waals surface area contributed by atoms with Crippen LogP contribution in [0.2, 0.25) is 0 Å². The van der Waals surface area contributed by atoms with E-state index < -0.39 is 0 Å². The lowest BCUT2D eigenvalue weighted by Crippen LogP contribution is -2.50. The topological polar surface area (TPSA) is 69.1 Å². The molecule has 0 bridgehead atoms. The Balaban J connectivity index is 1.50. The fourth-order valence-electron chi connectivity index (χ4n) is 7.66. The molecule has 1 aromatic heterocycles. The van der Waals surface area contributed by atoms with Crippen LogP contribution in [0, 0.1) is 28.6 Å². The second kappa shape index (κ2) is 5.68. The van der Waals surface area contributed by atoms with Gasteiger partial charge < -0.3 is 10.2 Å². The third-order valence-corrected chi connectivity index (χ3v) is 8.96. The summed E-state index contributed by atoms with van der Waals surface area (Å²) in [5.74, 6) is 2.13. The molecule has 3 fully saturated rings. The van der Waals surface area contributed by atoms with Crippen LogP contribution < -0.4 is 0 Å². The molecule has 3 N–H and O–H groups in total. The minimum absolute atomic E-state index is 0.141. The van der Waals surface area contributed by atoms with Crippen molar-refractivity contribution < 1.29 is 10.2 Å². The van der Waals surface area contributed by atoms with Gasteiger partial charge in [0.05, 0.1) is 12.2 Å². The first-order valence-electron chi connectivity index (χ1n) is 10.5. The summed E-state index contributed by atoms with van der Waals surface area (Å²) in [6.45, 7) is 4.88. The summed E-state index contributed by atoms with van der Waals surface area (Å²) in [7, 11) is 0. The molecular formula is C22H32N2O2. The van der Waals surface area contributed by atoms with Crippen LogP contribution in [0.25, 0.3) is 0 Å². The van der Waals surface area contributed by atoms with E-state index in [1.165, 1.54) is 18.4 Å². The lowest BCUT2D eigenvalue weighted by atomic mass is 9.47. The predicted octanol–water partition coefficient (Wildman–Crippen LogP) is 3.79. The third-order valence-electron chi connectivity index (χ3n) is 8.96. The van der Waals surface area contributed by atoms with Crippen LogP contribution >= 0.6 is 0 Å². The second-order valence-electron chi connectivity index (χ2n) is 9.99. The normalized spacial score (nSPS) is 50.5. The Morgan fingerprint density at radius 1 is 1.15 bits per heavy atom. The zero-order chi connectivity index (χ0) is 18.1. The van der Waals surface area contributed by atoms with Gasteiger partial charge in [0.2, 0.25) is 0 Å². The van der Waals surface area contributed by atoms with Gasteiger partial charge in [0.15, 0.2) is 0 Å². The number of fused-ring (bicyclic) bond motifs is 5. The molecule has 4 aliphatic rings. The molecule has 0 aromatic carbocycles. The SMILES string of the molecule is C[C@]12CC[C@H]3[C@@H](CC=C4C[C@@H](O)CC[C@@]43C)[C@@H]1C[C@@H](O)[C@@H]2c1ccn[nH]1. The molecule has 0 saturated heterocycles. The van der Waals surface area contributed by atoms with Crippen molar-refractivity contribution in [1.82, 2.24) is 10.2 Å². The van der Waals surface area contributed by atoms with E-state index in [-0.39, 0.29) is 29.0 Å². The number of nitrogens with one attached hydrogen (secondary N) is 1. The van der Waals surface area contributed by atoms with Crippen LogP contribution in [0.15, 0.2) is 23.9 Å². The largest absolute Gasteiger partial charge is 0.393 e. The summed E-state index contributed by atoms with van der Waals surface area (Å²) < 4.78 is 0. The molecule has 1 heterocycles. The number of rotatable bonds is 1. The van der Waals surface area contributed by atoms with Crippen LogP contribution in [0.4, 0.5) is 0 Å². The van der Waals surface area contributed by atoms with Crippen LogP contribution in [-0.2, 0) is 0 Å². The number of aliphatic hydroxyl groups is 2. The van der Waals surface area contributed by atoms with Gasteiger partial charge in [0, 0.05) is 17.8 Å². The summed E-state index contributed by atoms with van der Waals surface area (Å²) in [6, 6.07) is 2.05. The highest BCUT2D eigenvalue weighted by atomic mass is 16.3. The Bertz CT molecular complexity index is 714. The average Bonchev–Trinajstić information content (AvgIpc) is 3.20. The highest BCUT2D eigenvalue weighted by Gasteiger charge is 2.61. The van der Waals surface area contributed by atoms with E-state index in [9.17, 15) is 10.2 Å². The molecule has 0 amide bonds. The van der Waals surface area contributed by atoms with Crippen molar-refractivity contribution in [1.29, 1.82) is 0 Å². The van der Waals surface area contributed by atoms with Crippen molar-refractivity contribution in [3.63, 3.8) is 0 Å². The maximum atomic E-state index is 11.0. The Morgan fingerprint density at radius 3 is 2.77 bits per heavy atom. The van der Waals surface area contributed by atoms with Crippen LogP contribution in [0.3, 0.4) is 0 Å². The Labute approximate surface area is 156 Å². The number of H-pyrrole nitrogens is 1. The first-order chi connectivity index (χ1) is 12.4. The molecule has 0 spiro atoms. The van der Waals surface area contributed by atoms with Crippen molar-refractivity contribution in [2.75, 3.05) is 0 Å². The van der Waals surface area contributed by atoms with Gasteiger partial charge in [-0.3, -0.25) is 5.10 Å². The zero-order valence-electron chi connectivity index (χ0n) is 16.0. The smallest absolute Gasteiger partial charge is 0.0631 e. The van der Waals surface area contributed by atoms with E-state index in [1.54, 1.807) is 0 Å². The number of aromatic amines is 1. The molecule has 5 rings (SSSR count). The number of hydrogen-bond acceptors (Lipinski definition) is 3. The van der Waals surface area contributed by atoms with Gasteiger partial charge in [-0.1, -0.05) is 25.5 Å². The van der Waals surface area contributed by atoms with E-state index in [1.807, 2.05) is 6.20 Å². The molecule has 0 aliphatic heterocycles. The van der Waals surface area contributed by atoms with Gasteiger partial charge in [-0.15, -0.1) is 0 Å². The maximum absolute atomic E-state index is 11.0. The molecule has 8 atom stereocenters. The Morgan fingerprint density at radius 2 is 2.00 bits per heavy atom. The van der Waals surface area contributed by atoms with Gasteiger partial charge in [0.25, 0.3) is 0 Å². The summed E-state index contributed by atoms with van der Waals surface area (Å²) >= 11 is 0. The monoisotopic (exact) mass is 356 g/mol. The number of nitrogens with zero attached hydrogens (tertiary/aromatic N) is 1. The van der Waals surface area contributed by atoms with Gasteiger partial charge in [0.1, 0.15) is 0 Å². The second-order valence-corrected chi connectivity index (χ2v) is 9.99. The van der Waals surface area contributed by atoms with Crippen LogP contribution in [0.5, 0.6) is 0 Å². The number of aliphatic hydroxyl groups excluding tert-OH is 2. The highest BCUT2D eigenvalue weighted by Crippen LogP contribution is 2.67. The number of aromatic nitrogens is 2. The molecule has 4 aliphatic carbocycles. The molecule has 0 radical (unpaired) electrons. The molecule has 142 valence electrons. The summed E-state index contributed by atoms with van der Waals surface area (Å²) in [4.78, 5) is 0. The van der Waals surface area contributed by atoms with Crippen molar-refractivity contribution in [3.05, 3.63) is 29.6 Å². The quantitative estimate of drug-likeness (QED) is 0.671. The maximum Gasteiger partial charge on any atom is 0.0631 e. The van der Waals surface area contributed by atoms with Crippen LogP contribution in [0.1, 0.15) is 70.4 Å². The summed E-state index contributed by atoms with van der Waals surface area (Å²) in [6.07, 6.45) is 11.3. The number of allylic oxidation sites excluding steroid dienone is 1. The highest BCUT2D eigenvalue weighted by molar-refractivity contribution is 5.27. The first kappa shape index (κ1) is 17.0. The third kappa shape index (κ3) is 2.18.